The topological polar surface area (TPSA) is 65.3 Å². The molecule has 0 bridgehead atoms. The SMILES string of the molecule is O=[N+]([O-])c1ccccc1Oc1ccncc1. The molecule has 1 heterocycles. The van der Waals surface area contributed by atoms with Gasteiger partial charge in [-0.3, -0.25) is 15.1 Å². The van der Waals surface area contributed by atoms with E-state index >= 15 is 0 Å². The van der Waals surface area contributed by atoms with Gasteiger partial charge in [-0.15, -0.1) is 0 Å². The third-order valence-corrected chi connectivity index (χ3v) is 1.94. The van der Waals surface area contributed by atoms with Crippen LogP contribution >= 0.6 is 0 Å². The van der Waals surface area contributed by atoms with Gasteiger partial charge >= 0.3 is 5.69 Å². The molecular weight excluding hydrogens is 208 g/mol. The van der Waals surface area contributed by atoms with Gasteiger partial charge in [0.1, 0.15) is 5.75 Å². The maximum atomic E-state index is 10.7. The van der Waals surface area contributed by atoms with E-state index in [0.717, 1.165) is 0 Å². The molecule has 0 fully saturated rings. The fraction of sp³-hybridized carbons (Fsp3) is 0. The van der Waals surface area contributed by atoms with Gasteiger partial charge in [0.05, 0.1) is 4.92 Å². The normalized spacial score (nSPS) is 9.75. The lowest BCUT2D eigenvalue weighted by Crippen LogP contribution is -1.92. The van der Waals surface area contributed by atoms with Gasteiger partial charge in [-0.05, 0) is 18.2 Å². The molecule has 2 aromatic rings. The molecule has 0 aliphatic carbocycles. The average molecular weight is 216 g/mol. The highest BCUT2D eigenvalue weighted by Crippen LogP contribution is 2.30. The van der Waals surface area contributed by atoms with Crippen molar-refractivity contribution in [3.63, 3.8) is 0 Å². The minimum atomic E-state index is -0.476. The number of para-hydroxylation sites is 2. The monoisotopic (exact) mass is 216 g/mol. The standard InChI is InChI=1S/C11H8N2O3/c14-13(15)10-3-1-2-4-11(10)16-9-5-7-12-8-6-9/h1-8H. The molecular formula is C11H8N2O3. The fourth-order valence-electron chi connectivity index (χ4n) is 1.23. The van der Waals surface area contributed by atoms with E-state index in [1.165, 1.54) is 6.07 Å². The first-order valence-corrected chi connectivity index (χ1v) is 4.58. The molecule has 0 N–H and O–H groups in total. The third kappa shape index (κ3) is 2.14. The molecule has 0 aliphatic rings. The van der Waals surface area contributed by atoms with Crippen LogP contribution in [-0.2, 0) is 0 Å². The molecule has 1 aromatic carbocycles. The van der Waals surface area contributed by atoms with Gasteiger partial charge in [-0.1, -0.05) is 12.1 Å². The van der Waals surface area contributed by atoms with Crippen LogP contribution in [-0.4, -0.2) is 9.91 Å². The van der Waals surface area contributed by atoms with Crippen LogP contribution in [0.3, 0.4) is 0 Å². The maximum absolute atomic E-state index is 10.7. The highest BCUT2D eigenvalue weighted by molar-refractivity contribution is 5.47. The zero-order chi connectivity index (χ0) is 11.4. The zero-order valence-corrected chi connectivity index (χ0v) is 8.24. The Morgan fingerprint density at radius 2 is 1.81 bits per heavy atom. The van der Waals surface area contributed by atoms with Crippen LogP contribution in [0.2, 0.25) is 0 Å². The van der Waals surface area contributed by atoms with Crippen LogP contribution in [0.5, 0.6) is 11.5 Å². The molecule has 0 aliphatic heterocycles. The van der Waals surface area contributed by atoms with Crippen LogP contribution in [0.1, 0.15) is 0 Å². The van der Waals surface area contributed by atoms with E-state index in [4.69, 9.17) is 4.74 Å². The van der Waals surface area contributed by atoms with Gasteiger partial charge in [-0.25, -0.2) is 0 Å². The number of nitro benzene ring substituents is 1. The highest BCUT2D eigenvalue weighted by Gasteiger charge is 2.13. The summed E-state index contributed by atoms with van der Waals surface area (Å²) in [6.07, 6.45) is 3.12. The Morgan fingerprint density at radius 3 is 2.50 bits per heavy atom. The van der Waals surface area contributed by atoms with E-state index in [9.17, 15) is 10.1 Å². The molecule has 5 nitrogen and oxygen atoms in total. The number of rotatable bonds is 3. The molecule has 0 atom stereocenters. The van der Waals surface area contributed by atoms with Gasteiger partial charge in [0.15, 0.2) is 0 Å². The van der Waals surface area contributed by atoms with Gasteiger partial charge < -0.3 is 4.74 Å². The van der Waals surface area contributed by atoms with Crippen molar-refractivity contribution < 1.29 is 9.66 Å². The molecule has 0 unspecified atom stereocenters. The van der Waals surface area contributed by atoms with Gasteiger partial charge in [-0.2, -0.15) is 0 Å². The van der Waals surface area contributed by atoms with Crippen molar-refractivity contribution in [2.24, 2.45) is 0 Å². The summed E-state index contributed by atoms with van der Waals surface area (Å²) in [5.74, 6) is 0.739. The second kappa shape index (κ2) is 4.39. The number of benzene rings is 1. The number of ether oxygens (including phenoxy) is 1. The van der Waals surface area contributed by atoms with Gasteiger partial charge in [0, 0.05) is 18.5 Å². The molecule has 0 saturated heterocycles. The number of nitrogens with zero attached hydrogens (tertiary/aromatic N) is 2. The largest absolute Gasteiger partial charge is 0.450 e. The first kappa shape index (κ1) is 10.1. The Hall–Kier alpha value is -2.43. The summed E-state index contributed by atoms with van der Waals surface area (Å²) in [5.41, 5.74) is -0.0562. The maximum Gasteiger partial charge on any atom is 0.311 e. The van der Waals surface area contributed by atoms with Crippen molar-refractivity contribution >= 4 is 5.69 Å². The first-order chi connectivity index (χ1) is 7.77. The quantitative estimate of drug-likeness (QED) is 0.584. The van der Waals surface area contributed by atoms with Crippen LogP contribution < -0.4 is 4.74 Å². The molecule has 16 heavy (non-hydrogen) atoms. The molecule has 5 heteroatoms. The Kier molecular flexibility index (Phi) is 2.77. The number of nitro groups is 1. The molecule has 0 saturated carbocycles. The van der Waals surface area contributed by atoms with Crippen LogP contribution in [0.25, 0.3) is 0 Å². The molecule has 80 valence electrons. The summed E-state index contributed by atoms with van der Waals surface area (Å²) in [6.45, 7) is 0. The molecule has 0 amide bonds. The summed E-state index contributed by atoms with van der Waals surface area (Å²) >= 11 is 0. The minimum absolute atomic E-state index is 0.0562. The van der Waals surface area contributed by atoms with Crippen molar-refractivity contribution in [3.8, 4) is 11.5 Å². The molecule has 1 aromatic heterocycles. The predicted octanol–water partition coefficient (Wildman–Crippen LogP) is 2.78. The highest BCUT2D eigenvalue weighted by atomic mass is 16.6. The van der Waals surface area contributed by atoms with Crippen LogP contribution in [0, 0.1) is 10.1 Å². The average Bonchev–Trinajstić information content (AvgIpc) is 2.31. The third-order valence-electron chi connectivity index (χ3n) is 1.94. The van der Waals surface area contributed by atoms with Gasteiger partial charge in [0.25, 0.3) is 0 Å². The van der Waals surface area contributed by atoms with Crippen LogP contribution in [0.4, 0.5) is 5.69 Å². The second-order valence-electron chi connectivity index (χ2n) is 3.01. The molecule has 0 spiro atoms. The molecule has 2 rings (SSSR count). The van der Waals surface area contributed by atoms with E-state index in [0.29, 0.717) is 5.75 Å². The summed E-state index contributed by atoms with van der Waals surface area (Å²) < 4.78 is 5.39. The fourth-order valence-corrected chi connectivity index (χ4v) is 1.23. The van der Waals surface area contributed by atoms with Crippen molar-refractivity contribution in [3.05, 3.63) is 58.9 Å². The zero-order valence-electron chi connectivity index (χ0n) is 8.24. The van der Waals surface area contributed by atoms with E-state index in [1.807, 2.05) is 0 Å². The Labute approximate surface area is 91.5 Å². The minimum Gasteiger partial charge on any atom is -0.450 e. The number of aromatic nitrogens is 1. The van der Waals surface area contributed by atoms with E-state index in [2.05, 4.69) is 4.98 Å². The van der Waals surface area contributed by atoms with Crippen molar-refractivity contribution in [1.29, 1.82) is 0 Å². The predicted molar refractivity (Wildman–Crippen MR) is 57.4 cm³/mol. The van der Waals surface area contributed by atoms with E-state index in [-0.39, 0.29) is 11.4 Å². The van der Waals surface area contributed by atoms with Gasteiger partial charge in [0.2, 0.25) is 5.75 Å². The summed E-state index contributed by atoms with van der Waals surface area (Å²) in [6, 6.07) is 9.50. The number of hydrogen-bond donors (Lipinski definition) is 0. The molecule has 0 radical (unpaired) electrons. The lowest BCUT2D eigenvalue weighted by Gasteiger charge is -2.04. The van der Waals surface area contributed by atoms with E-state index in [1.54, 1.807) is 42.7 Å². The van der Waals surface area contributed by atoms with Crippen molar-refractivity contribution in [1.82, 2.24) is 4.98 Å². The second-order valence-corrected chi connectivity index (χ2v) is 3.01. The Morgan fingerprint density at radius 1 is 1.12 bits per heavy atom. The Bertz CT molecular complexity index is 500. The van der Waals surface area contributed by atoms with Crippen molar-refractivity contribution in [2.75, 3.05) is 0 Å². The smallest absolute Gasteiger partial charge is 0.311 e. The number of hydrogen-bond acceptors (Lipinski definition) is 4. The Balaban J connectivity index is 2.31. The summed E-state index contributed by atoms with van der Waals surface area (Å²) in [7, 11) is 0. The lowest BCUT2D eigenvalue weighted by atomic mass is 10.3. The van der Waals surface area contributed by atoms with Crippen molar-refractivity contribution in [2.45, 2.75) is 0 Å². The lowest BCUT2D eigenvalue weighted by molar-refractivity contribution is -0.385. The summed E-state index contributed by atoms with van der Waals surface area (Å²) in [5, 5.41) is 10.7. The van der Waals surface area contributed by atoms with Crippen LogP contribution in [0.15, 0.2) is 48.8 Å². The summed E-state index contributed by atoms with van der Waals surface area (Å²) in [4.78, 5) is 14.1. The number of pyridine rings is 1. The first-order valence-electron chi connectivity index (χ1n) is 4.58. The van der Waals surface area contributed by atoms with E-state index < -0.39 is 4.92 Å².